The van der Waals surface area contributed by atoms with Crippen molar-refractivity contribution in [3.63, 3.8) is 0 Å². The Labute approximate surface area is 210 Å². The highest BCUT2D eigenvalue weighted by Crippen LogP contribution is 2.29. The second kappa shape index (κ2) is 10.8. The number of nitrogens with one attached hydrogen (secondary N) is 1. The number of fused-ring (bicyclic) bond motifs is 1. The highest BCUT2D eigenvalue weighted by atomic mass is 16.4. The van der Waals surface area contributed by atoms with Gasteiger partial charge in [-0.25, -0.2) is 14.8 Å². The first-order valence-electron chi connectivity index (χ1n) is 11.9. The molecule has 4 rings (SSSR count). The minimum Gasteiger partial charge on any atom is -0.481 e. The van der Waals surface area contributed by atoms with Crippen molar-refractivity contribution in [2.24, 2.45) is 0 Å². The third-order valence-electron chi connectivity index (χ3n) is 6.56. The largest absolute Gasteiger partial charge is 0.481 e. The maximum absolute atomic E-state index is 13.5. The maximum atomic E-state index is 13.5. The first-order chi connectivity index (χ1) is 17.2. The molecule has 36 heavy (non-hydrogen) atoms. The number of carboxylic acids is 1. The van der Waals surface area contributed by atoms with Crippen LogP contribution in [0.15, 0.2) is 54.6 Å². The number of piperazine rings is 1. The quantitative estimate of drug-likeness (QED) is 0.608. The molecule has 190 valence electrons. The molecule has 0 unspecified atom stereocenters. The molecule has 2 aromatic rings. The summed E-state index contributed by atoms with van der Waals surface area (Å²) >= 11 is 0. The number of amides is 4. The number of rotatable bonds is 7. The van der Waals surface area contributed by atoms with Crippen LogP contribution in [0.4, 0.5) is 4.79 Å². The number of aryl methyl sites for hydroxylation is 1. The van der Waals surface area contributed by atoms with E-state index in [9.17, 15) is 24.3 Å². The van der Waals surface area contributed by atoms with E-state index in [4.69, 9.17) is 0 Å². The lowest BCUT2D eigenvalue weighted by Crippen LogP contribution is -2.75. The van der Waals surface area contributed by atoms with E-state index in [1.165, 1.54) is 9.91 Å². The normalized spacial score (nSPS) is 20.3. The molecule has 0 aliphatic carbocycles. The molecule has 2 saturated heterocycles. The van der Waals surface area contributed by atoms with Crippen molar-refractivity contribution in [1.29, 1.82) is 0 Å². The van der Waals surface area contributed by atoms with E-state index in [0.29, 0.717) is 13.1 Å². The van der Waals surface area contributed by atoms with Gasteiger partial charge in [0.1, 0.15) is 12.2 Å². The summed E-state index contributed by atoms with van der Waals surface area (Å²) in [5.74, 6) is -1.67. The molecular formula is C26H31N5O5. The van der Waals surface area contributed by atoms with Gasteiger partial charge in [-0.1, -0.05) is 60.2 Å². The highest BCUT2D eigenvalue weighted by Gasteiger charge is 2.50. The van der Waals surface area contributed by atoms with Crippen LogP contribution in [0.1, 0.15) is 29.5 Å². The molecule has 10 heteroatoms. The summed E-state index contributed by atoms with van der Waals surface area (Å²) in [7, 11) is 1.66. The van der Waals surface area contributed by atoms with Crippen LogP contribution >= 0.6 is 0 Å². The van der Waals surface area contributed by atoms with Crippen molar-refractivity contribution < 1.29 is 24.3 Å². The van der Waals surface area contributed by atoms with Crippen molar-refractivity contribution in [2.75, 3.05) is 20.1 Å². The molecule has 2 fully saturated rings. The number of carbonyl (C=O) groups excluding carboxylic acids is 3. The summed E-state index contributed by atoms with van der Waals surface area (Å²) in [4.78, 5) is 54.3. The van der Waals surface area contributed by atoms with Gasteiger partial charge in [0, 0.05) is 26.6 Å². The fraction of sp³-hybridized carbons (Fsp3) is 0.385. The first-order valence-corrected chi connectivity index (χ1v) is 11.9. The molecule has 0 bridgehead atoms. The summed E-state index contributed by atoms with van der Waals surface area (Å²) in [6.45, 7) is 2.60. The summed E-state index contributed by atoms with van der Waals surface area (Å²) in [5.41, 5.74) is 2.93. The Hall–Kier alpha value is -3.92. The van der Waals surface area contributed by atoms with Crippen LogP contribution < -0.4 is 5.32 Å². The van der Waals surface area contributed by atoms with E-state index in [1.54, 1.807) is 17.0 Å². The number of likely N-dealkylation sites (N-methyl/N-ethyl adjacent to an activating group) is 1. The van der Waals surface area contributed by atoms with Gasteiger partial charge in [-0.3, -0.25) is 14.4 Å². The predicted octanol–water partition coefficient (Wildman–Crippen LogP) is 1.80. The van der Waals surface area contributed by atoms with Crippen molar-refractivity contribution in [3.05, 3.63) is 71.3 Å². The molecule has 0 saturated carbocycles. The van der Waals surface area contributed by atoms with Crippen LogP contribution in [0.2, 0.25) is 0 Å². The topological polar surface area (TPSA) is 114 Å². The molecule has 0 spiro atoms. The molecule has 2 aliphatic rings. The van der Waals surface area contributed by atoms with Crippen LogP contribution in [0, 0.1) is 6.92 Å². The smallest absolute Gasteiger partial charge is 0.334 e. The average molecular weight is 494 g/mol. The molecule has 2 heterocycles. The van der Waals surface area contributed by atoms with E-state index in [0.717, 1.165) is 16.7 Å². The van der Waals surface area contributed by atoms with Crippen LogP contribution in [0.5, 0.6) is 0 Å². The molecular weight excluding hydrogens is 462 g/mol. The third kappa shape index (κ3) is 5.49. The zero-order chi connectivity index (χ0) is 25.8. The molecule has 2 N–H and O–H groups in total. The van der Waals surface area contributed by atoms with Crippen LogP contribution in [0.3, 0.4) is 0 Å². The minimum atomic E-state index is -1.05. The van der Waals surface area contributed by atoms with Crippen LogP contribution in [-0.2, 0) is 27.5 Å². The monoisotopic (exact) mass is 493 g/mol. The summed E-state index contributed by atoms with van der Waals surface area (Å²) in [5, 5.41) is 15.2. The number of aliphatic carboxylic acids is 1. The van der Waals surface area contributed by atoms with Gasteiger partial charge >= 0.3 is 12.0 Å². The molecule has 2 aromatic carbocycles. The van der Waals surface area contributed by atoms with Gasteiger partial charge in [0.15, 0.2) is 0 Å². The molecule has 0 aromatic heterocycles. The van der Waals surface area contributed by atoms with E-state index in [-0.39, 0.29) is 37.7 Å². The number of nitrogens with zero attached hydrogens (tertiary/aromatic N) is 4. The summed E-state index contributed by atoms with van der Waals surface area (Å²) in [6.07, 6.45) is -1.04. The standard InChI is InChI=1S/C26H31N5O5/c1-18-8-10-20(11-9-18)15-29-16-22-30(21(25(29)35)12-13-24(33)34)23(32)17-28(2)31(22)26(36)27-14-19-6-4-3-5-7-19/h3-11,21-22H,12-17H2,1-2H3,(H,27,36)(H,33,34)/t21-,22-/m0/s1. The lowest BCUT2D eigenvalue weighted by molar-refractivity contribution is -0.188. The highest BCUT2D eigenvalue weighted by molar-refractivity contribution is 5.91. The number of hydrogen-bond donors (Lipinski definition) is 2. The summed E-state index contributed by atoms with van der Waals surface area (Å²) in [6, 6.07) is 15.9. The number of benzene rings is 2. The first kappa shape index (κ1) is 25.2. The van der Waals surface area contributed by atoms with Gasteiger partial charge in [0.25, 0.3) is 0 Å². The maximum Gasteiger partial charge on any atom is 0.334 e. The minimum absolute atomic E-state index is 0.0238. The molecule has 0 radical (unpaired) electrons. The Morgan fingerprint density at radius 3 is 2.39 bits per heavy atom. The van der Waals surface area contributed by atoms with Gasteiger partial charge in [0.05, 0.1) is 13.1 Å². The van der Waals surface area contributed by atoms with Crippen molar-refractivity contribution >= 4 is 23.8 Å². The van der Waals surface area contributed by atoms with Crippen molar-refractivity contribution in [3.8, 4) is 0 Å². The average Bonchev–Trinajstić information content (AvgIpc) is 2.85. The Balaban J connectivity index is 1.61. The molecule has 4 amide bonds. The van der Waals surface area contributed by atoms with E-state index < -0.39 is 24.2 Å². The number of hydrogen-bond acceptors (Lipinski definition) is 5. The number of carbonyl (C=O) groups is 4. The van der Waals surface area contributed by atoms with E-state index >= 15 is 0 Å². The van der Waals surface area contributed by atoms with Gasteiger partial charge in [-0.05, 0) is 24.5 Å². The Bertz CT molecular complexity index is 1120. The SMILES string of the molecule is Cc1ccc(CN2C[C@H]3N(C(=O)CN(C)N3C(=O)NCc3ccccc3)[C@@H](CCC(=O)O)C2=O)cc1. The fourth-order valence-electron chi connectivity index (χ4n) is 4.75. The van der Waals surface area contributed by atoms with Crippen LogP contribution in [-0.4, -0.2) is 81.1 Å². The number of hydrazine groups is 1. The number of urea groups is 1. The zero-order valence-electron chi connectivity index (χ0n) is 20.5. The molecule has 2 aliphatic heterocycles. The van der Waals surface area contributed by atoms with Gasteiger partial charge in [0.2, 0.25) is 11.8 Å². The van der Waals surface area contributed by atoms with E-state index in [2.05, 4.69) is 5.32 Å². The Morgan fingerprint density at radius 1 is 1.03 bits per heavy atom. The second-order valence-corrected chi connectivity index (χ2v) is 9.24. The zero-order valence-corrected chi connectivity index (χ0v) is 20.5. The summed E-state index contributed by atoms with van der Waals surface area (Å²) < 4.78 is 0. The molecule has 10 nitrogen and oxygen atoms in total. The lowest BCUT2D eigenvalue weighted by Gasteiger charge is -2.54. The lowest BCUT2D eigenvalue weighted by atomic mass is 10.0. The van der Waals surface area contributed by atoms with Gasteiger partial charge in [-0.2, -0.15) is 0 Å². The van der Waals surface area contributed by atoms with Crippen molar-refractivity contribution in [2.45, 2.75) is 45.1 Å². The van der Waals surface area contributed by atoms with Crippen molar-refractivity contribution in [1.82, 2.24) is 25.1 Å². The third-order valence-corrected chi connectivity index (χ3v) is 6.56. The fourth-order valence-corrected chi connectivity index (χ4v) is 4.75. The Kier molecular flexibility index (Phi) is 7.54. The number of carboxylic acid groups (broad SMARTS) is 1. The molecule has 2 atom stereocenters. The predicted molar refractivity (Wildman–Crippen MR) is 131 cm³/mol. The van der Waals surface area contributed by atoms with Gasteiger partial charge < -0.3 is 20.2 Å². The Morgan fingerprint density at radius 2 is 1.72 bits per heavy atom. The van der Waals surface area contributed by atoms with E-state index in [1.807, 2.05) is 61.5 Å². The second-order valence-electron chi connectivity index (χ2n) is 9.24. The van der Waals surface area contributed by atoms with Crippen LogP contribution in [0.25, 0.3) is 0 Å². The van der Waals surface area contributed by atoms with Gasteiger partial charge in [-0.15, -0.1) is 0 Å².